The minimum absolute atomic E-state index is 0.494. The lowest BCUT2D eigenvalue weighted by Crippen LogP contribution is -2.57. The van der Waals surface area contributed by atoms with Crippen LogP contribution in [0.3, 0.4) is 0 Å². The fourth-order valence-electron chi connectivity index (χ4n) is 4.01. The van der Waals surface area contributed by atoms with E-state index in [4.69, 9.17) is 0 Å². The molecule has 2 N–H and O–H groups in total. The van der Waals surface area contributed by atoms with E-state index in [0.717, 1.165) is 39.2 Å². The molecule has 0 aliphatic carbocycles. The number of pyridine rings is 1. The van der Waals surface area contributed by atoms with Gasteiger partial charge in [0.15, 0.2) is 0 Å². The summed E-state index contributed by atoms with van der Waals surface area (Å²) >= 11 is 0. The monoisotopic (exact) mass is 451 g/mol. The van der Waals surface area contributed by atoms with Crippen LogP contribution >= 0.6 is 0 Å². The van der Waals surface area contributed by atoms with Crippen molar-refractivity contribution < 1.29 is 8.76 Å². The molecule has 1 aliphatic heterocycles. The van der Waals surface area contributed by atoms with Gasteiger partial charge in [0, 0.05) is 68.1 Å². The van der Waals surface area contributed by atoms with Crippen LogP contribution < -0.4 is 4.90 Å². The van der Waals surface area contributed by atoms with Crippen molar-refractivity contribution in [1.82, 2.24) is 29.5 Å². The van der Waals surface area contributed by atoms with Crippen LogP contribution in [0.15, 0.2) is 55.1 Å². The van der Waals surface area contributed by atoms with Crippen LogP contribution in [0.2, 0.25) is 0 Å². The highest BCUT2D eigenvalue weighted by Gasteiger charge is 2.29. The van der Waals surface area contributed by atoms with Crippen molar-refractivity contribution in [3.05, 3.63) is 55.1 Å². The van der Waals surface area contributed by atoms with Gasteiger partial charge in [0.1, 0.15) is 17.8 Å². The Labute approximate surface area is 185 Å². The second-order valence-electron chi connectivity index (χ2n) is 8.45. The zero-order chi connectivity index (χ0) is 22.4. The summed E-state index contributed by atoms with van der Waals surface area (Å²) in [5.74, 6) is 0.780. The van der Waals surface area contributed by atoms with Gasteiger partial charge in [-0.3, -0.25) is 14.6 Å². The molecule has 0 amide bonds. The van der Waals surface area contributed by atoms with Gasteiger partial charge in [0.2, 0.25) is 0 Å². The van der Waals surface area contributed by atoms with E-state index in [2.05, 4.69) is 36.1 Å². The van der Waals surface area contributed by atoms with E-state index in [9.17, 15) is 8.76 Å². The van der Waals surface area contributed by atoms with Gasteiger partial charge in [0.25, 0.3) is 0 Å². The summed E-state index contributed by atoms with van der Waals surface area (Å²) in [5, 5.41) is 8.57. The number of anilines is 1. The number of H-pyrrole nitrogens is 1. The lowest BCUT2D eigenvalue weighted by Gasteiger charge is -2.49. The quantitative estimate of drug-likeness (QED) is 0.491. The number of nitrogens with one attached hydrogen (secondary N) is 1. The highest BCUT2D eigenvalue weighted by Crippen LogP contribution is 2.31. The summed E-state index contributed by atoms with van der Waals surface area (Å²) in [6.07, 6.45) is 7.94. The molecule has 10 heteroatoms. The molecule has 5 rings (SSSR count). The first-order chi connectivity index (χ1) is 15.2. The standard InChI is InChI=1S/C22H25N7O2S/c1-32(2,30,31)29-10-8-28(9-11-29)21-13-20(24-15-25-21)22-18-12-16(5-6-19(18)26-27-22)17-4-3-7-23-14-17/h3-7,12-15H,8-11H2,1-2H3,(H,26,27)(H,30,31). The first-order valence-electron chi connectivity index (χ1n) is 10.3. The van der Waals surface area contributed by atoms with Crippen molar-refractivity contribution in [2.75, 3.05) is 43.6 Å². The van der Waals surface area contributed by atoms with E-state index in [1.165, 1.54) is 12.5 Å². The molecule has 1 saturated heterocycles. The predicted octanol–water partition coefficient (Wildman–Crippen LogP) is 2.67. The van der Waals surface area contributed by atoms with Crippen LogP contribution in [-0.2, 0) is 9.53 Å². The summed E-state index contributed by atoms with van der Waals surface area (Å²) in [7, 11) is -3.72. The smallest absolute Gasteiger partial charge is 0.132 e. The van der Waals surface area contributed by atoms with Crippen molar-refractivity contribution in [3.63, 3.8) is 0 Å². The van der Waals surface area contributed by atoms with Gasteiger partial charge in [-0.2, -0.15) is 9.31 Å². The number of hydrogen-bond donors (Lipinski definition) is 2. The average molecular weight is 452 g/mol. The van der Waals surface area contributed by atoms with E-state index in [1.54, 1.807) is 16.8 Å². The molecule has 0 unspecified atom stereocenters. The largest absolute Gasteiger partial charge is 0.354 e. The number of benzene rings is 1. The Hall–Kier alpha value is -3.21. The molecule has 1 aromatic carbocycles. The van der Waals surface area contributed by atoms with Crippen LogP contribution in [0.25, 0.3) is 33.4 Å². The third-order valence-electron chi connectivity index (χ3n) is 5.75. The Morgan fingerprint density at radius 2 is 1.84 bits per heavy atom. The van der Waals surface area contributed by atoms with Gasteiger partial charge in [-0.25, -0.2) is 14.3 Å². The maximum Gasteiger partial charge on any atom is 0.132 e. The van der Waals surface area contributed by atoms with E-state index in [0.29, 0.717) is 26.2 Å². The van der Waals surface area contributed by atoms with Crippen LogP contribution in [0.1, 0.15) is 0 Å². The van der Waals surface area contributed by atoms with Crippen LogP contribution in [0, 0.1) is 0 Å². The lowest BCUT2D eigenvalue weighted by molar-refractivity contribution is 0.346. The van der Waals surface area contributed by atoms with Gasteiger partial charge >= 0.3 is 0 Å². The summed E-state index contributed by atoms with van der Waals surface area (Å²) < 4.78 is 24.4. The van der Waals surface area contributed by atoms with Gasteiger partial charge in [-0.15, -0.1) is 9.53 Å². The number of aromatic amines is 1. The molecule has 0 saturated carbocycles. The number of rotatable bonds is 4. The molecular formula is C22H25N7O2S. The molecule has 0 bridgehead atoms. The fourth-order valence-corrected chi connectivity index (χ4v) is 5.22. The van der Waals surface area contributed by atoms with Crippen molar-refractivity contribution in [2.45, 2.75) is 0 Å². The molecule has 1 aliphatic rings. The second-order valence-corrected chi connectivity index (χ2v) is 12.4. The Balaban J connectivity index is 1.44. The molecule has 9 nitrogen and oxygen atoms in total. The highest BCUT2D eigenvalue weighted by molar-refractivity contribution is 8.11. The molecule has 4 aromatic rings. The third-order valence-corrected chi connectivity index (χ3v) is 7.59. The van der Waals surface area contributed by atoms with Crippen LogP contribution in [0.4, 0.5) is 5.82 Å². The Morgan fingerprint density at radius 3 is 2.56 bits per heavy atom. The Kier molecular flexibility index (Phi) is 4.81. The lowest BCUT2D eigenvalue weighted by atomic mass is 10.0. The summed E-state index contributed by atoms with van der Waals surface area (Å²) in [5.41, 5.74) is 4.50. The summed E-state index contributed by atoms with van der Waals surface area (Å²) in [6, 6.07) is 12.0. The van der Waals surface area contributed by atoms with E-state index in [-0.39, 0.29) is 0 Å². The number of piperazine rings is 1. The number of aromatic nitrogens is 5. The zero-order valence-electron chi connectivity index (χ0n) is 18.0. The van der Waals surface area contributed by atoms with Gasteiger partial charge in [-0.1, -0.05) is 12.1 Å². The molecule has 3 aromatic heterocycles. The SMILES string of the molecule is CS(C)(=O)(O)N1CCN(c2cc(-c3n[nH]c4ccc(-c5cccnc5)cc34)ncn2)CC1. The normalized spacial score (nSPS) is 16.7. The molecule has 0 spiro atoms. The number of hydrogen-bond acceptors (Lipinski definition) is 6. The highest BCUT2D eigenvalue weighted by atomic mass is 32.3. The first kappa shape index (κ1) is 20.7. The van der Waals surface area contributed by atoms with Crippen molar-refractivity contribution in [1.29, 1.82) is 0 Å². The van der Waals surface area contributed by atoms with Gasteiger partial charge in [0.05, 0.1) is 11.2 Å². The maximum absolute atomic E-state index is 12.5. The summed E-state index contributed by atoms with van der Waals surface area (Å²) in [6.45, 7) is 2.21. The Morgan fingerprint density at radius 1 is 1.03 bits per heavy atom. The van der Waals surface area contributed by atoms with E-state index >= 15 is 0 Å². The molecular weight excluding hydrogens is 426 g/mol. The van der Waals surface area contributed by atoms with Crippen molar-refractivity contribution in [3.8, 4) is 22.5 Å². The molecule has 4 heterocycles. The molecule has 166 valence electrons. The third kappa shape index (κ3) is 3.99. The molecule has 1 fully saturated rings. The van der Waals surface area contributed by atoms with Gasteiger partial charge < -0.3 is 4.90 Å². The minimum atomic E-state index is -3.72. The predicted molar refractivity (Wildman–Crippen MR) is 127 cm³/mol. The number of fused-ring (bicyclic) bond motifs is 1. The number of nitrogens with zero attached hydrogens (tertiary/aromatic N) is 6. The van der Waals surface area contributed by atoms with Crippen LogP contribution in [-0.4, -0.2) is 76.9 Å². The summed E-state index contributed by atoms with van der Waals surface area (Å²) in [4.78, 5) is 15.2. The Bertz CT molecular complexity index is 1330. The fraction of sp³-hybridized carbons (Fsp3) is 0.273. The van der Waals surface area contributed by atoms with E-state index in [1.807, 2.05) is 36.5 Å². The maximum atomic E-state index is 12.5. The average Bonchev–Trinajstić information content (AvgIpc) is 3.22. The van der Waals surface area contributed by atoms with E-state index < -0.39 is 9.53 Å². The molecule has 0 atom stereocenters. The molecule has 32 heavy (non-hydrogen) atoms. The van der Waals surface area contributed by atoms with Crippen LogP contribution in [0.5, 0.6) is 0 Å². The molecule has 0 radical (unpaired) electrons. The second kappa shape index (κ2) is 7.44. The first-order valence-corrected chi connectivity index (χ1v) is 13.0. The zero-order valence-corrected chi connectivity index (χ0v) is 18.8. The van der Waals surface area contributed by atoms with Gasteiger partial charge in [-0.05, 0) is 23.8 Å². The van der Waals surface area contributed by atoms with Crippen molar-refractivity contribution >= 4 is 26.3 Å². The van der Waals surface area contributed by atoms with Crippen molar-refractivity contribution in [2.24, 2.45) is 0 Å². The minimum Gasteiger partial charge on any atom is -0.354 e. The topological polar surface area (TPSA) is 111 Å².